The molecule has 2 aromatic rings. The van der Waals surface area contributed by atoms with Crippen LogP contribution in [0, 0.1) is 0 Å². The zero-order chi connectivity index (χ0) is 16.5. The molecule has 2 aromatic carbocycles. The Morgan fingerprint density at radius 2 is 1.57 bits per heavy atom. The molecule has 0 spiro atoms. The Balaban J connectivity index is 2.06. The fraction of sp³-hybridized carbons (Fsp3) is 0.263. The van der Waals surface area contributed by atoms with E-state index in [1.165, 1.54) is 0 Å². The van der Waals surface area contributed by atoms with E-state index in [4.69, 9.17) is 9.47 Å². The number of hydrogen-bond acceptors (Lipinski definition) is 4. The zero-order valence-corrected chi connectivity index (χ0v) is 13.1. The zero-order valence-electron chi connectivity index (χ0n) is 13.1. The summed E-state index contributed by atoms with van der Waals surface area (Å²) in [7, 11) is 0. The lowest BCUT2D eigenvalue weighted by molar-refractivity contribution is -0.154. The number of carbonyl (C=O) groups excluding carboxylic acids is 2. The highest BCUT2D eigenvalue weighted by Crippen LogP contribution is 2.23. The minimum Gasteiger partial charge on any atom is -0.460 e. The molecule has 0 N–H and O–H groups in total. The van der Waals surface area contributed by atoms with E-state index in [9.17, 15) is 9.59 Å². The number of ketones is 1. The van der Waals surface area contributed by atoms with Crippen LogP contribution < -0.4 is 0 Å². The van der Waals surface area contributed by atoms with Crippen molar-refractivity contribution in [3.05, 3.63) is 71.8 Å². The molecule has 0 aliphatic rings. The van der Waals surface area contributed by atoms with Crippen molar-refractivity contribution in [1.29, 1.82) is 0 Å². The summed E-state index contributed by atoms with van der Waals surface area (Å²) in [5, 5.41) is 0. The molecule has 120 valence electrons. The summed E-state index contributed by atoms with van der Waals surface area (Å²) >= 11 is 0. The van der Waals surface area contributed by atoms with Gasteiger partial charge in [-0.2, -0.15) is 0 Å². The van der Waals surface area contributed by atoms with E-state index in [1.807, 2.05) is 60.7 Å². The van der Waals surface area contributed by atoms with Crippen LogP contribution in [0.3, 0.4) is 0 Å². The molecule has 0 fully saturated rings. The van der Waals surface area contributed by atoms with Crippen molar-refractivity contribution in [2.45, 2.75) is 26.1 Å². The van der Waals surface area contributed by atoms with Crippen LogP contribution in [0.1, 0.15) is 30.6 Å². The van der Waals surface area contributed by atoms with Gasteiger partial charge in [0.1, 0.15) is 0 Å². The van der Waals surface area contributed by atoms with Gasteiger partial charge in [0, 0.05) is 6.42 Å². The first-order chi connectivity index (χ1) is 11.2. The van der Waals surface area contributed by atoms with E-state index in [1.54, 1.807) is 6.92 Å². The summed E-state index contributed by atoms with van der Waals surface area (Å²) in [4.78, 5) is 23.5. The van der Waals surface area contributed by atoms with Crippen LogP contribution in [-0.4, -0.2) is 18.4 Å². The highest BCUT2D eigenvalue weighted by atomic mass is 16.5. The molecule has 4 nitrogen and oxygen atoms in total. The molecule has 0 bridgehead atoms. The predicted octanol–water partition coefficient (Wildman–Crippen LogP) is 3.47. The Kier molecular flexibility index (Phi) is 6.51. The normalized spacial score (nSPS) is 11.7. The molecular formula is C19H20O4. The largest absolute Gasteiger partial charge is 0.460 e. The lowest BCUT2D eigenvalue weighted by atomic mass is 10.0. The van der Waals surface area contributed by atoms with Crippen LogP contribution in [0.5, 0.6) is 0 Å². The molecule has 0 amide bonds. The second kappa shape index (κ2) is 8.86. The summed E-state index contributed by atoms with van der Waals surface area (Å²) in [6, 6.07) is 19.1. The molecular weight excluding hydrogens is 292 g/mol. The van der Waals surface area contributed by atoms with Gasteiger partial charge in [-0.3, -0.25) is 4.79 Å². The standard InChI is InChI=1S/C19H20O4/c1-2-22-19(21)17(20)13-18(16-11-7-4-8-12-16)23-14-15-9-5-3-6-10-15/h3-12,18H,2,13-14H2,1H3. The minimum atomic E-state index is -0.809. The molecule has 0 radical (unpaired) electrons. The van der Waals surface area contributed by atoms with Crippen molar-refractivity contribution >= 4 is 11.8 Å². The minimum absolute atomic E-state index is 0.0321. The van der Waals surface area contributed by atoms with Gasteiger partial charge in [0.25, 0.3) is 0 Å². The Hall–Kier alpha value is -2.46. The number of carbonyl (C=O) groups is 2. The van der Waals surface area contributed by atoms with Gasteiger partial charge in [-0.05, 0) is 18.1 Å². The van der Waals surface area contributed by atoms with Crippen molar-refractivity contribution in [1.82, 2.24) is 0 Å². The third-order valence-corrected chi connectivity index (χ3v) is 3.34. The summed E-state index contributed by atoms with van der Waals surface area (Å²) in [5.41, 5.74) is 1.87. The number of ether oxygens (including phenoxy) is 2. The number of hydrogen-bond donors (Lipinski definition) is 0. The second-order valence-corrected chi connectivity index (χ2v) is 5.04. The third kappa shape index (κ3) is 5.34. The molecule has 2 rings (SSSR count). The maximum Gasteiger partial charge on any atom is 0.374 e. The maximum absolute atomic E-state index is 12.0. The van der Waals surface area contributed by atoms with Crippen LogP contribution in [0.4, 0.5) is 0 Å². The molecule has 0 saturated heterocycles. The first-order valence-electron chi connectivity index (χ1n) is 7.61. The predicted molar refractivity (Wildman–Crippen MR) is 86.7 cm³/mol. The van der Waals surface area contributed by atoms with Crippen molar-refractivity contribution < 1.29 is 19.1 Å². The Morgan fingerprint density at radius 1 is 0.957 bits per heavy atom. The summed E-state index contributed by atoms with van der Waals surface area (Å²) < 4.78 is 10.6. The van der Waals surface area contributed by atoms with E-state index in [0.717, 1.165) is 11.1 Å². The summed E-state index contributed by atoms with van der Waals surface area (Å²) in [6.07, 6.45) is -0.510. The van der Waals surface area contributed by atoms with E-state index >= 15 is 0 Å². The molecule has 0 aliphatic heterocycles. The number of Topliss-reactive ketones (excluding diaryl/α,β-unsaturated/α-hetero) is 1. The topological polar surface area (TPSA) is 52.6 Å². The highest BCUT2D eigenvalue weighted by molar-refractivity contribution is 6.33. The first-order valence-corrected chi connectivity index (χ1v) is 7.61. The molecule has 0 saturated carbocycles. The Labute approximate surface area is 136 Å². The van der Waals surface area contributed by atoms with Gasteiger partial charge in [-0.15, -0.1) is 0 Å². The quantitative estimate of drug-likeness (QED) is 0.553. The highest BCUT2D eigenvalue weighted by Gasteiger charge is 2.22. The van der Waals surface area contributed by atoms with Crippen LogP contribution in [0.15, 0.2) is 60.7 Å². The fourth-order valence-corrected chi connectivity index (χ4v) is 2.18. The average molecular weight is 312 g/mol. The van der Waals surface area contributed by atoms with Crippen molar-refractivity contribution in [2.24, 2.45) is 0 Å². The van der Waals surface area contributed by atoms with Crippen LogP contribution in [0.2, 0.25) is 0 Å². The Bertz CT molecular complexity index is 622. The fourth-order valence-electron chi connectivity index (χ4n) is 2.18. The van der Waals surface area contributed by atoms with Crippen LogP contribution in [-0.2, 0) is 25.7 Å². The molecule has 0 aliphatic carbocycles. The molecule has 1 atom stereocenters. The number of benzene rings is 2. The molecule has 1 unspecified atom stereocenters. The van der Waals surface area contributed by atoms with E-state index in [0.29, 0.717) is 6.61 Å². The molecule has 0 heterocycles. The van der Waals surface area contributed by atoms with E-state index < -0.39 is 17.9 Å². The number of esters is 1. The first kappa shape index (κ1) is 16.9. The summed E-state index contributed by atoms with van der Waals surface area (Å²) in [6.45, 7) is 2.23. The van der Waals surface area contributed by atoms with Crippen molar-refractivity contribution in [3.8, 4) is 0 Å². The lowest BCUT2D eigenvalue weighted by Crippen LogP contribution is -2.21. The monoisotopic (exact) mass is 312 g/mol. The van der Waals surface area contributed by atoms with Crippen molar-refractivity contribution in [2.75, 3.05) is 6.61 Å². The van der Waals surface area contributed by atoms with Gasteiger partial charge >= 0.3 is 5.97 Å². The van der Waals surface area contributed by atoms with Gasteiger partial charge in [0.15, 0.2) is 0 Å². The van der Waals surface area contributed by atoms with E-state index in [-0.39, 0.29) is 13.0 Å². The van der Waals surface area contributed by atoms with E-state index in [2.05, 4.69) is 0 Å². The summed E-state index contributed by atoms with van der Waals surface area (Å²) in [5.74, 6) is -1.38. The maximum atomic E-state index is 12.0. The third-order valence-electron chi connectivity index (χ3n) is 3.34. The van der Waals surface area contributed by atoms with Crippen LogP contribution >= 0.6 is 0 Å². The second-order valence-electron chi connectivity index (χ2n) is 5.04. The van der Waals surface area contributed by atoms with Gasteiger partial charge in [-0.1, -0.05) is 60.7 Å². The van der Waals surface area contributed by atoms with Crippen LogP contribution in [0.25, 0.3) is 0 Å². The van der Waals surface area contributed by atoms with Gasteiger partial charge in [0.05, 0.1) is 19.3 Å². The molecule has 4 heteroatoms. The SMILES string of the molecule is CCOC(=O)C(=O)CC(OCc1ccccc1)c1ccccc1. The lowest BCUT2D eigenvalue weighted by Gasteiger charge is -2.17. The molecule has 0 aromatic heterocycles. The van der Waals surface area contributed by atoms with Crippen molar-refractivity contribution in [3.63, 3.8) is 0 Å². The van der Waals surface area contributed by atoms with Gasteiger partial charge in [0.2, 0.25) is 5.78 Å². The smallest absolute Gasteiger partial charge is 0.374 e. The van der Waals surface area contributed by atoms with Gasteiger partial charge < -0.3 is 9.47 Å². The number of rotatable bonds is 8. The van der Waals surface area contributed by atoms with Gasteiger partial charge in [-0.25, -0.2) is 4.79 Å². The average Bonchev–Trinajstić information content (AvgIpc) is 2.60. The Morgan fingerprint density at radius 3 is 2.17 bits per heavy atom. The molecule has 23 heavy (non-hydrogen) atoms.